The van der Waals surface area contributed by atoms with Crippen LogP contribution in [0.2, 0.25) is 0 Å². The number of aromatic nitrogens is 1. The lowest BCUT2D eigenvalue weighted by molar-refractivity contribution is 0.102. The summed E-state index contributed by atoms with van der Waals surface area (Å²) >= 11 is 0. The van der Waals surface area contributed by atoms with Crippen molar-refractivity contribution in [3.05, 3.63) is 65.4 Å². The van der Waals surface area contributed by atoms with Crippen molar-refractivity contribution in [1.29, 1.82) is 0 Å². The molecule has 1 saturated heterocycles. The minimum atomic E-state index is -0.732. The Morgan fingerprint density at radius 3 is 2.67 bits per heavy atom. The van der Waals surface area contributed by atoms with Crippen molar-refractivity contribution in [2.75, 3.05) is 25.5 Å². The largest absolute Gasteiger partial charge is 0.351 e. The standard InChI is InChI=1S/C21H21F2N3O/c1-26-6-2-3-14(12-26)13-4-5-19-15(7-13)8-20(25-19)21(27)24-18-10-16(22)9-17(23)11-18/h4-5,7-11,14,25H,2-3,6,12H2,1H3,(H,24,27). The molecule has 1 amide bonds. The number of carbonyl (C=O) groups excluding carboxylic acids is 1. The Kier molecular flexibility index (Phi) is 4.66. The second-order valence-electron chi connectivity index (χ2n) is 7.24. The molecular weight excluding hydrogens is 348 g/mol. The van der Waals surface area contributed by atoms with Crippen LogP contribution in [-0.2, 0) is 0 Å². The number of likely N-dealkylation sites (tertiary alicyclic amines) is 1. The maximum Gasteiger partial charge on any atom is 0.272 e. The zero-order valence-electron chi connectivity index (χ0n) is 15.1. The highest BCUT2D eigenvalue weighted by molar-refractivity contribution is 6.06. The Hall–Kier alpha value is -2.73. The molecule has 0 aliphatic carbocycles. The van der Waals surface area contributed by atoms with Gasteiger partial charge in [0, 0.05) is 29.2 Å². The highest BCUT2D eigenvalue weighted by Crippen LogP contribution is 2.29. The molecule has 3 aromatic rings. The Morgan fingerprint density at radius 2 is 1.93 bits per heavy atom. The average molecular weight is 369 g/mol. The minimum Gasteiger partial charge on any atom is -0.351 e. The first kappa shape index (κ1) is 17.7. The van der Waals surface area contributed by atoms with Gasteiger partial charge in [0.1, 0.15) is 17.3 Å². The molecular formula is C21H21F2N3O. The van der Waals surface area contributed by atoms with Gasteiger partial charge in [0.05, 0.1) is 0 Å². The van der Waals surface area contributed by atoms with Crippen LogP contribution in [0.3, 0.4) is 0 Å². The zero-order chi connectivity index (χ0) is 19.0. The van der Waals surface area contributed by atoms with Gasteiger partial charge in [0.15, 0.2) is 0 Å². The van der Waals surface area contributed by atoms with Gasteiger partial charge in [-0.25, -0.2) is 8.78 Å². The molecule has 0 saturated carbocycles. The number of likely N-dealkylation sites (N-methyl/N-ethyl adjacent to an activating group) is 1. The predicted octanol–water partition coefficient (Wildman–Crippen LogP) is 4.51. The lowest BCUT2D eigenvalue weighted by Crippen LogP contribution is -2.30. The smallest absolute Gasteiger partial charge is 0.272 e. The lowest BCUT2D eigenvalue weighted by Gasteiger charge is -2.30. The van der Waals surface area contributed by atoms with Crippen LogP contribution >= 0.6 is 0 Å². The van der Waals surface area contributed by atoms with Crippen LogP contribution in [0, 0.1) is 11.6 Å². The highest BCUT2D eigenvalue weighted by atomic mass is 19.1. The molecule has 140 valence electrons. The monoisotopic (exact) mass is 369 g/mol. The first-order valence-electron chi connectivity index (χ1n) is 9.06. The van der Waals surface area contributed by atoms with Crippen molar-refractivity contribution in [1.82, 2.24) is 9.88 Å². The van der Waals surface area contributed by atoms with Crippen LogP contribution < -0.4 is 5.32 Å². The summed E-state index contributed by atoms with van der Waals surface area (Å²) in [7, 11) is 2.14. The van der Waals surface area contributed by atoms with Gasteiger partial charge in [0.2, 0.25) is 0 Å². The summed E-state index contributed by atoms with van der Waals surface area (Å²) in [4.78, 5) is 17.9. The van der Waals surface area contributed by atoms with Crippen LogP contribution in [0.15, 0.2) is 42.5 Å². The van der Waals surface area contributed by atoms with E-state index in [-0.39, 0.29) is 5.69 Å². The molecule has 0 bridgehead atoms. The number of anilines is 1. The van der Waals surface area contributed by atoms with Gasteiger partial charge in [-0.05, 0) is 68.2 Å². The molecule has 1 aromatic heterocycles. The van der Waals surface area contributed by atoms with E-state index < -0.39 is 17.5 Å². The highest BCUT2D eigenvalue weighted by Gasteiger charge is 2.19. The van der Waals surface area contributed by atoms with Crippen LogP contribution in [0.1, 0.15) is 34.8 Å². The summed E-state index contributed by atoms with van der Waals surface area (Å²) in [6, 6.07) is 10.9. The number of rotatable bonds is 3. The molecule has 0 radical (unpaired) electrons. The molecule has 6 heteroatoms. The number of H-pyrrole nitrogens is 1. The molecule has 2 aromatic carbocycles. The number of hydrogen-bond acceptors (Lipinski definition) is 2. The number of carbonyl (C=O) groups is 1. The van der Waals surface area contributed by atoms with Crippen molar-refractivity contribution in [2.45, 2.75) is 18.8 Å². The number of hydrogen-bond donors (Lipinski definition) is 2. The number of aromatic amines is 1. The SMILES string of the molecule is CN1CCCC(c2ccc3[nH]c(C(=O)Nc4cc(F)cc(F)c4)cc3c2)C1. The molecule has 4 nitrogen and oxygen atoms in total. The Bertz CT molecular complexity index is 978. The Labute approximate surface area is 156 Å². The second kappa shape index (κ2) is 7.12. The summed E-state index contributed by atoms with van der Waals surface area (Å²) < 4.78 is 26.6. The van der Waals surface area contributed by atoms with Gasteiger partial charge in [-0.1, -0.05) is 6.07 Å². The molecule has 2 N–H and O–H groups in total. The number of benzene rings is 2. The number of nitrogens with one attached hydrogen (secondary N) is 2. The number of piperidine rings is 1. The van der Waals surface area contributed by atoms with E-state index in [1.807, 2.05) is 6.07 Å². The molecule has 1 aliphatic rings. The van der Waals surface area contributed by atoms with E-state index in [0.717, 1.165) is 42.2 Å². The quantitative estimate of drug-likeness (QED) is 0.714. The number of halogens is 2. The maximum atomic E-state index is 13.3. The number of fused-ring (bicyclic) bond motifs is 1. The van der Waals surface area contributed by atoms with Crippen molar-refractivity contribution < 1.29 is 13.6 Å². The van der Waals surface area contributed by atoms with E-state index in [0.29, 0.717) is 11.6 Å². The van der Waals surface area contributed by atoms with E-state index >= 15 is 0 Å². The topological polar surface area (TPSA) is 48.1 Å². The first-order valence-corrected chi connectivity index (χ1v) is 9.06. The lowest BCUT2D eigenvalue weighted by atomic mass is 9.90. The molecule has 1 aliphatic heterocycles. The van der Waals surface area contributed by atoms with Gasteiger partial charge < -0.3 is 15.2 Å². The van der Waals surface area contributed by atoms with Crippen molar-refractivity contribution in [3.8, 4) is 0 Å². The molecule has 2 heterocycles. The fourth-order valence-corrected chi connectivity index (χ4v) is 3.79. The summed E-state index contributed by atoms with van der Waals surface area (Å²) in [5.41, 5.74) is 2.57. The summed E-state index contributed by atoms with van der Waals surface area (Å²) in [6.07, 6.45) is 2.35. The molecule has 1 atom stereocenters. The third kappa shape index (κ3) is 3.85. The van der Waals surface area contributed by atoms with Crippen LogP contribution in [-0.4, -0.2) is 35.9 Å². The normalized spacial score (nSPS) is 18.0. The van der Waals surface area contributed by atoms with Crippen molar-refractivity contribution >= 4 is 22.5 Å². The molecule has 1 fully saturated rings. The van der Waals surface area contributed by atoms with Crippen LogP contribution in [0.4, 0.5) is 14.5 Å². The fraction of sp³-hybridized carbons (Fsp3) is 0.286. The van der Waals surface area contributed by atoms with Gasteiger partial charge in [-0.15, -0.1) is 0 Å². The number of amides is 1. The Morgan fingerprint density at radius 1 is 1.15 bits per heavy atom. The summed E-state index contributed by atoms with van der Waals surface area (Å²) in [5, 5.41) is 3.48. The van der Waals surface area contributed by atoms with Gasteiger partial charge in [-0.3, -0.25) is 4.79 Å². The van der Waals surface area contributed by atoms with Crippen molar-refractivity contribution in [2.24, 2.45) is 0 Å². The predicted molar refractivity (Wildman–Crippen MR) is 102 cm³/mol. The van der Waals surface area contributed by atoms with E-state index in [2.05, 4.69) is 34.4 Å². The fourth-order valence-electron chi connectivity index (χ4n) is 3.79. The summed E-state index contributed by atoms with van der Waals surface area (Å²) in [6.45, 7) is 2.17. The molecule has 27 heavy (non-hydrogen) atoms. The van der Waals surface area contributed by atoms with Gasteiger partial charge in [0.25, 0.3) is 5.91 Å². The summed E-state index contributed by atoms with van der Waals surface area (Å²) in [5.74, 6) is -1.40. The minimum absolute atomic E-state index is 0.0853. The maximum absolute atomic E-state index is 13.3. The van der Waals surface area contributed by atoms with E-state index in [4.69, 9.17) is 0 Å². The molecule has 0 spiro atoms. The van der Waals surface area contributed by atoms with Crippen molar-refractivity contribution in [3.63, 3.8) is 0 Å². The van der Waals surface area contributed by atoms with E-state index in [1.165, 1.54) is 18.4 Å². The average Bonchev–Trinajstić information content (AvgIpc) is 3.04. The third-order valence-electron chi connectivity index (χ3n) is 5.11. The van der Waals surface area contributed by atoms with Crippen LogP contribution in [0.25, 0.3) is 10.9 Å². The van der Waals surface area contributed by atoms with Gasteiger partial charge >= 0.3 is 0 Å². The van der Waals surface area contributed by atoms with E-state index in [9.17, 15) is 13.6 Å². The third-order valence-corrected chi connectivity index (χ3v) is 5.11. The zero-order valence-corrected chi connectivity index (χ0v) is 15.1. The van der Waals surface area contributed by atoms with Gasteiger partial charge in [-0.2, -0.15) is 0 Å². The van der Waals surface area contributed by atoms with Crippen LogP contribution in [0.5, 0.6) is 0 Å². The van der Waals surface area contributed by atoms with E-state index in [1.54, 1.807) is 6.07 Å². The molecule has 4 rings (SSSR count). The second-order valence-corrected chi connectivity index (χ2v) is 7.24. The number of nitrogens with zero attached hydrogens (tertiary/aromatic N) is 1. The first-order chi connectivity index (χ1) is 13.0. The molecule has 1 unspecified atom stereocenters. The Balaban J connectivity index is 1.56.